The Kier molecular flexibility index (Phi) is 5.17. The van der Waals surface area contributed by atoms with E-state index in [9.17, 15) is 4.79 Å². The summed E-state index contributed by atoms with van der Waals surface area (Å²) >= 11 is 7.38. The van der Waals surface area contributed by atoms with Gasteiger partial charge in [0.05, 0.1) is 5.69 Å². The van der Waals surface area contributed by atoms with Crippen molar-refractivity contribution in [2.45, 2.75) is 26.2 Å². The Morgan fingerprint density at radius 2 is 1.65 bits per heavy atom. The molecule has 0 aliphatic carbocycles. The van der Waals surface area contributed by atoms with Crippen LogP contribution < -0.4 is 4.90 Å². The highest BCUT2D eigenvalue weighted by molar-refractivity contribution is 7.14. The molecule has 5 heteroatoms. The first-order valence-corrected chi connectivity index (χ1v) is 9.61. The van der Waals surface area contributed by atoms with Crippen molar-refractivity contribution in [1.29, 1.82) is 0 Å². The number of halogens is 1. The summed E-state index contributed by atoms with van der Waals surface area (Å²) in [5.74, 6) is -0.0672. The second kappa shape index (κ2) is 7.22. The monoisotopic (exact) mass is 384 g/mol. The fraction of sp³-hybridized carbons (Fsp3) is 0.238. The van der Waals surface area contributed by atoms with Gasteiger partial charge in [-0.2, -0.15) is 0 Å². The van der Waals surface area contributed by atoms with Gasteiger partial charge in [0.25, 0.3) is 5.91 Å². The van der Waals surface area contributed by atoms with Crippen molar-refractivity contribution in [1.82, 2.24) is 4.98 Å². The third kappa shape index (κ3) is 3.97. The highest BCUT2D eigenvalue weighted by atomic mass is 35.5. The molecule has 0 N–H and O–H groups in total. The van der Waals surface area contributed by atoms with Crippen LogP contribution in [0.15, 0.2) is 53.9 Å². The molecule has 0 spiro atoms. The van der Waals surface area contributed by atoms with E-state index in [0.29, 0.717) is 15.7 Å². The van der Waals surface area contributed by atoms with Gasteiger partial charge < -0.3 is 0 Å². The van der Waals surface area contributed by atoms with Crippen molar-refractivity contribution in [3.8, 4) is 11.3 Å². The smallest absolute Gasteiger partial charge is 0.259 e. The molecule has 134 valence electrons. The molecule has 26 heavy (non-hydrogen) atoms. The van der Waals surface area contributed by atoms with E-state index in [1.165, 1.54) is 16.9 Å². The van der Waals surface area contributed by atoms with Gasteiger partial charge in [-0.05, 0) is 35.2 Å². The molecule has 0 saturated heterocycles. The highest BCUT2D eigenvalue weighted by Gasteiger charge is 2.19. The quantitative estimate of drug-likeness (QED) is 0.551. The van der Waals surface area contributed by atoms with Gasteiger partial charge in [-0.15, -0.1) is 11.3 Å². The Morgan fingerprint density at radius 3 is 2.23 bits per heavy atom. The number of nitrogens with zero attached hydrogens (tertiary/aromatic N) is 2. The second-order valence-electron chi connectivity index (χ2n) is 7.21. The summed E-state index contributed by atoms with van der Waals surface area (Å²) in [6.45, 7) is 6.47. The molecule has 0 aliphatic rings. The Bertz CT molecular complexity index is 908. The molecule has 0 saturated carbocycles. The van der Waals surface area contributed by atoms with Crippen LogP contribution in [0.25, 0.3) is 11.3 Å². The minimum atomic E-state index is -0.0672. The minimum Gasteiger partial charge on any atom is -0.287 e. The van der Waals surface area contributed by atoms with E-state index in [1.54, 1.807) is 11.9 Å². The average Bonchev–Trinajstić information content (AvgIpc) is 3.10. The number of rotatable bonds is 3. The lowest BCUT2D eigenvalue weighted by Crippen LogP contribution is -2.26. The first kappa shape index (κ1) is 18.6. The van der Waals surface area contributed by atoms with Gasteiger partial charge in [0.2, 0.25) is 0 Å². The Labute approximate surface area is 163 Å². The van der Waals surface area contributed by atoms with Crippen LogP contribution in [0.3, 0.4) is 0 Å². The minimum absolute atomic E-state index is 0.0657. The summed E-state index contributed by atoms with van der Waals surface area (Å²) in [6.07, 6.45) is 0. The molecule has 1 heterocycles. The number of anilines is 1. The van der Waals surface area contributed by atoms with Crippen LogP contribution in [0.1, 0.15) is 36.7 Å². The van der Waals surface area contributed by atoms with Crippen molar-refractivity contribution in [3.05, 3.63) is 70.1 Å². The molecule has 0 radical (unpaired) electrons. The molecule has 0 bridgehead atoms. The topological polar surface area (TPSA) is 33.2 Å². The first-order chi connectivity index (χ1) is 12.3. The third-order valence-electron chi connectivity index (χ3n) is 4.22. The maximum absolute atomic E-state index is 12.8. The Balaban J connectivity index is 1.79. The predicted octanol–water partition coefficient (Wildman–Crippen LogP) is 6.04. The number of thiazole rings is 1. The lowest BCUT2D eigenvalue weighted by atomic mass is 9.86. The highest BCUT2D eigenvalue weighted by Crippen LogP contribution is 2.29. The van der Waals surface area contributed by atoms with E-state index < -0.39 is 0 Å². The number of carbonyl (C=O) groups is 1. The van der Waals surface area contributed by atoms with E-state index >= 15 is 0 Å². The molecule has 3 rings (SSSR count). The predicted molar refractivity (Wildman–Crippen MR) is 110 cm³/mol. The first-order valence-electron chi connectivity index (χ1n) is 8.36. The van der Waals surface area contributed by atoms with Gasteiger partial charge in [-0.25, -0.2) is 4.98 Å². The second-order valence-corrected chi connectivity index (χ2v) is 8.49. The van der Waals surface area contributed by atoms with Crippen LogP contribution in [0.5, 0.6) is 0 Å². The molecule has 0 unspecified atom stereocenters. The summed E-state index contributed by atoms with van der Waals surface area (Å²) in [4.78, 5) is 19.0. The van der Waals surface area contributed by atoms with E-state index in [1.807, 2.05) is 53.9 Å². The van der Waals surface area contributed by atoms with Gasteiger partial charge in [0.15, 0.2) is 5.13 Å². The van der Waals surface area contributed by atoms with Crippen molar-refractivity contribution in [3.63, 3.8) is 0 Å². The van der Waals surface area contributed by atoms with E-state index in [-0.39, 0.29) is 11.3 Å². The molecule has 0 atom stereocenters. The zero-order chi connectivity index (χ0) is 18.9. The van der Waals surface area contributed by atoms with Crippen molar-refractivity contribution in [2.75, 3.05) is 11.9 Å². The SMILES string of the molecule is CN(C(=O)c1ccc(C(C)(C)C)cc1)c1nc(-c2ccc(Cl)cc2)cs1. The summed E-state index contributed by atoms with van der Waals surface area (Å²) in [5, 5.41) is 3.31. The Morgan fingerprint density at radius 1 is 1.04 bits per heavy atom. The molecular weight excluding hydrogens is 364 g/mol. The number of aromatic nitrogens is 1. The van der Waals surface area contributed by atoms with Gasteiger partial charge >= 0.3 is 0 Å². The molecule has 3 nitrogen and oxygen atoms in total. The third-order valence-corrected chi connectivity index (χ3v) is 5.39. The zero-order valence-electron chi connectivity index (χ0n) is 15.3. The molecule has 3 aromatic rings. The van der Waals surface area contributed by atoms with Gasteiger partial charge in [0.1, 0.15) is 0 Å². The maximum atomic E-state index is 12.8. The summed E-state index contributed by atoms with van der Waals surface area (Å²) in [6, 6.07) is 15.3. The fourth-order valence-corrected chi connectivity index (χ4v) is 3.49. The Hall–Kier alpha value is -2.17. The number of hydrogen-bond donors (Lipinski definition) is 0. The normalized spacial score (nSPS) is 11.4. The molecule has 2 aromatic carbocycles. The lowest BCUT2D eigenvalue weighted by molar-refractivity contribution is 0.0993. The number of amides is 1. The molecule has 0 aliphatic heterocycles. The van der Waals surface area contributed by atoms with Crippen LogP contribution in [0, 0.1) is 0 Å². The fourth-order valence-electron chi connectivity index (χ4n) is 2.56. The summed E-state index contributed by atoms with van der Waals surface area (Å²) < 4.78 is 0. The largest absolute Gasteiger partial charge is 0.287 e. The van der Waals surface area contributed by atoms with Crippen LogP contribution in [0.2, 0.25) is 5.02 Å². The molecule has 1 aromatic heterocycles. The van der Waals surface area contributed by atoms with Crippen LogP contribution in [0.4, 0.5) is 5.13 Å². The number of hydrogen-bond acceptors (Lipinski definition) is 3. The van der Waals surface area contributed by atoms with E-state index in [2.05, 4.69) is 25.8 Å². The van der Waals surface area contributed by atoms with Crippen LogP contribution >= 0.6 is 22.9 Å². The zero-order valence-corrected chi connectivity index (χ0v) is 16.9. The molecule has 1 amide bonds. The van der Waals surface area contributed by atoms with Crippen molar-refractivity contribution < 1.29 is 4.79 Å². The van der Waals surface area contributed by atoms with E-state index in [0.717, 1.165) is 11.3 Å². The van der Waals surface area contributed by atoms with Gasteiger partial charge in [-0.3, -0.25) is 9.69 Å². The summed E-state index contributed by atoms with van der Waals surface area (Å²) in [7, 11) is 1.75. The number of carbonyl (C=O) groups excluding carboxylic acids is 1. The van der Waals surface area contributed by atoms with Crippen molar-refractivity contribution >= 4 is 34.0 Å². The average molecular weight is 385 g/mol. The van der Waals surface area contributed by atoms with Crippen LogP contribution in [-0.4, -0.2) is 17.9 Å². The molecular formula is C21H21ClN2OS. The number of benzene rings is 2. The van der Waals surface area contributed by atoms with Gasteiger partial charge in [0, 0.05) is 28.6 Å². The van der Waals surface area contributed by atoms with Crippen LogP contribution in [-0.2, 0) is 5.41 Å². The van der Waals surface area contributed by atoms with Gasteiger partial charge in [-0.1, -0.05) is 56.6 Å². The lowest BCUT2D eigenvalue weighted by Gasteiger charge is -2.20. The standard InChI is InChI=1S/C21H21ClN2OS/c1-21(2,3)16-9-5-15(6-10-16)19(25)24(4)20-23-18(13-26-20)14-7-11-17(22)12-8-14/h5-13H,1-4H3. The van der Waals surface area contributed by atoms with E-state index in [4.69, 9.17) is 11.6 Å². The van der Waals surface area contributed by atoms with Crippen molar-refractivity contribution in [2.24, 2.45) is 0 Å². The molecule has 0 fully saturated rings. The maximum Gasteiger partial charge on any atom is 0.259 e. The summed E-state index contributed by atoms with van der Waals surface area (Å²) in [5.41, 5.74) is 3.74.